The van der Waals surface area contributed by atoms with Gasteiger partial charge in [0.2, 0.25) is 0 Å². The van der Waals surface area contributed by atoms with Crippen LogP contribution in [0.5, 0.6) is 0 Å². The molecule has 0 atom stereocenters. The number of hydrogen-bond donors (Lipinski definition) is 3. The molecule has 1 aliphatic rings. The van der Waals surface area contributed by atoms with Gasteiger partial charge in [-0.05, 0) is 31.0 Å². The molecule has 0 unspecified atom stereocenters. The Morgan fingerprint density at radius 3 is 2.24 bits per heavy atom. The molecule has 0 spiro atoms. The van der Waals surface area contributed by atoms with Crippen molar-refractivity contribution in [3.8, 4) is 0 Å². The van der Waals surface area contributed by atoms with Crippen LogP contribution in [0.2, 0.25) is 0 Å². The van der Waals surface area contributed by atoms with Gasteiger partial charge in [0, 0.05) is 30.0 Å². The van der Waals surface area contributed by atoms with Gasteiger partial charge in [0.05, 0.1) is 6.10 Å². The third kappa shape index (κ3) is 2.68. The molecule has 0 radical (unpaired) electrons. The first kappa shape index (κ1) is 11.7. The maximum Gasteiger partial charge on any atom is 0.254 e. The maximum atomic E-state index is 12.1. The van der Waals surface area contributed by atoms with Gasteiger partial charge in [-0.2, -0.15) is 0 Å². The predicted octanol–water partition coefficient (Wildman–Crippen LogP) is 0.448. The standard InChI is InChI=1S/C12H17N3O2/c13-9-5-8(6-10(14)7-9)12(17)15-3-1-11(16)2-4-15/h5-7,11,16H,1-4,13-14H2. The van der Waals surface area contributed by atoms with Gasteiger partial charge in [0.1, 0.15) is 0 Å². The number of hydrogen-bond acceptors (Lipinski definition) is 4. The lowest BCUT2D eigenvalue weighted by molar-refractivity contribution is 0.0546. The molecule has 17 heavy (non-hydrogen) atoms. The number of carbonyl (C=O) groups excluding carboxylic acids is 1. The van der Waals surface area contributed by atoms with Crippen LogP contribution in [0.1, 0.15) is 23.2 Å². The third-order valence-corrected chi connectivity index (χ3v) is 2.98. The van der Waals surface area contributed by atoms with E-state index >= 15 is 0 Å². The Morgan fingerprint density at radius 2 is 1.71 bits per heavy atom. The highest BCUT2D eigenvalue weighted by atomic mass is 16.3. The summed E-state index contributed by atoms with van der Waals surface area (Å²) in [7, 11) is 0. The van der Waals surface area contributed by atoms with E-state index in [2.05, 4.69) is 0 Å². The second-order valence-corrected chi connectivity index (χ2v) is 4.41. The molecular formula is C12H17N3O2. The van der Waals surface area contributed by atoms with Crippen LogP contribution in [0.25, 0.3) is 0 Å². The minimum absolute atomic E-state index is 0.0732. The molecule has 1 saturated heterocycles. The summed E-state index contributed by atoms with van der Waals surface area (Å²) in [6.07, 6.45) is 0.970. The van der Waals surface area contributed by atoms with Crippen LogP contribution in [0, 0.1) is 0 Å². The zero-order valence-corrected chi connectivity index (χ0v) is 9.60. The molecule has 0 aliphatic carbocycles. The second kappa shape index (κ2) is 4.63. The number of aliphatic hydroxyl groups excluding tert-OH is 1. The van der Waals surface area contributed by atoms with Crippen LogP contribution < -0.4 is 11.5 Å². The normalized spacial score (nSPS) is 17.1. The molecule has 92 valence electrons. The topological polar surface area (TPSA) is 92.6 Å². The fourth-order valence-corrected chi connectivity index (χ4v) is 2.05. The Labute approximate surface area is 100 Å². The number of rotatable bonds is 1. The average Bonchev–Trinajstić information content (AvgIpc) is 2.28. The first-order valence-electron chi connectivity index (χ1n) is 5.69. The highest BCUT2D eigenvalue weighted by molar-refractivity contribution is 5.96. The summed E-state index contributed by atoms with van der Waals surface area (Å²) < 4.78 is 0. The molecule has 0 bridgehead atoms. The van der Waals surface area contributed by atoms with Gasteiger partial charge in [-0.25, -0.2) is 0 Å². The molecule has 5 nitrogen and oxygen atoms in total. The Kier molecular flexibility index (Phi) is 3.19. The molecule has 0 aromatic heterocycles. The van der Waals surface area contributed by atoms with Crippen molar-refractivity contribution in [2.75, 3.05) is 24.6 Å². The van der Waals surface area contributed by atoms with E-state index < -0.39 is 0 Å². The molecular weight excluding hydrogens is 218 g/mol. The lowest BCUT2D eigenvalue weighted by Crippen LogP contribution is -2.40. The number of nitrogens with two attached hydrogens (primary N) is 2. The van der Waals surface area contributed by atoms with Crippen molar-refractivity contribution in [2.45, 2.75) is 18.9 Å². The van der Waals surface area contributed by atoms with Gasteiger partial charge in [-0.1, -0.05) is 0 Å². The summed E-state index contributed by atoms with van der Waals surface area (Å²) in [5, 5.41) is 9.39. The lowest BCUT2D eigenvalue weighted by Gasteiger charge is -2.29. The molecule has 1 aromatic rings. The van der Waals surface area contributed by atoms with Crippen LogP contribution in [0.3, 0.4) is 0 Å². The highest BCUT2D eigenvalue weighted by Crippen LogP contribution is 2.18. The summed E-state index contributed by atoms with van der Waals surface area (Å²) in [6, 6.07) is 4.88. The highest BCUT2D eigenvalue weighted by Gasteiger charge is 2.22. The molecule has 1 amide bonds. The zero-order valence-electron chi connectivity index (χ0n) is 9.60. The number of piperidine rings is 1. The van der Waals surface area contributed by atoms with Crippen LogP contribution in [0.4, 0.5) is 11.4 Å². The Balaban J connectivity index is 2.14. The SMILES string of the molecule is Nc1cc(N)cc(C(=O)N2CCC(O)CC2)c1. The van der Waals surface area contributed by atoms with Crippen LogP contribution in [0.15, 0.2) is 18.2 Å². The van der Waals surface area contributed by atoms with Crippen LogP contribution >= 0.6 is 0 Å². The number of carbonyl (C=O) groups is 1. The number of likely N-dealkylation sites (tertiary alicyclic amines) is 1. The smallest absolute Gasteiger partial charge is 0.254 e. The predicted molar refractivity (Wildman–Crippen MR) is 66.4 cm³/mol. The summed E-state index contributed by atoms with van der Waals surface area (Å²) in [6.45, 7) is 1.16. The van der Waals surface area contributed by atoms with Gasteiger partial charge in [0.15, 0.2) is 0 Å². The zero-order chi connectivity index (χ0) is 12.4. The molecule has 1 aromatic carbocycles. The van der Waals surface area contributed by atoms with E-state index in [4.69, 9.17) is 11.5 Å². The molecule has 1 aliphatic heterocycles. The van der Waals surface area contributed by atoms with Crippen molar-refractivity contribution in [1.82, 2.24) is 4.90 Å². The van der Waals surface area contributed by atoms with Crippen molar-refractivity contribution in [2.24, 2.45) is 0 Å². The van der Waals surface area contributed by atoms with E-state index in [9.17, 15) is 9.90 Å². The molecule has 5 heteroatoms. The molecule has 2 rings (SSSR count). The van der Waals surface area contributed by atoms with E-state index in [1.807, 2.05) is 0 Å². The Bertz CT molecular complexity index is 406. The number of nitrogen functional groups attached to an aromatic ring is 2. The van der Waals surface area contributed by atoms with Crippen molar-refractivity contribution in [3.63, 3.8) is 0 Å². The minimum atomic E-state index is -0.287. The number of aliphatic hydroxyl groups is 1. The maximum absolute atomic E-state index is 12.1. The quantitative estimate of drug-likeness (QED) is 0.616. The van der Waals surface area contributed by atoms with Gasteiger partial charge >= 0.3 is 0 Å². The fourth-order valence-electron chi connectivity index (χ4n) is 2.05. The monoisotopic (exact) mass is 235 g/mol. The second-order valence-electron chi connectivity index (χ2n) is 4.41. The molecule has 5 N–H and O–H groups in total. The van der Waals surface area contributed by atoms with Crippen molar-refractivity contribution in [3.05, 3.63) is 23.8 Å². The van der Waals surface area contributed by atoms with Crippen molar-refractivity contribution < 1.29 is 9.90 Å². The van der Waals surface area contributed by atoms with Crippen molar-refractivity contribution in [1.29, 1.82) is 0 Å². The third-order valence-electron chi connectivity index (χ3n) is 2.98. The van der Waals surface area contributed by atoms with Gasteiger partial charge in [-0.15, -0.1) is 0 Å². The molecule has 1 heterocycles. The summed E-state index contributed by atoms with van der Waals surface area (Å²) in [4.78, 5) is 13.9. The van der Waals surface area contributed by atoms with E-state index in [1.54, 1.807) is 23.1 Å². The van der Waals surface area contributed by atoms with E-state index in [1.165, 1.54) is 0 Å². The van der Waals surface area contributed by atoms with Gasteiger partial charge in [0.25, 0.3) is 5.91 Å². The number of anilines is 2. The molecule has 0 saturated carbocycles. The fraction of sp³-hybridized carbons (Fsp3) is 0.417. The van der Waals surface area contributed by atoms with E-state index in [0.717, 1.165) is 0 Å². The van der Waals surface area contributed by atoms with Gasteiger partial charge < -0.3 is 21.5 Å². The Hall–Kier alpha value is -1.75. The first-order valence-corrected chi connectivity index (χ1v) is 5.69. The van der Waals surface area contributed by atoms with E-state index in [-0.39, 0.29) is 12.0 Å². The number of amides is 1. The van der Waals surface area contributed by atoms with Crippen LogP contribution in [-0.2, 0) is 0 Å². The summed E-state index contributed by atoms with van der Waals surface area (Å²) in [5.41, 5.74) is 12.8. The van der Waals surface area contributed by atoms with Crippen molar-refractivity contribution >= 4 is 17.3 Å². The van der Waals surface area contributed by atoms with E-state index in [0.29, 0.717) is 42.9 Å². The largest absolute Gasteiger partial charge is 0.399 e. The number of nitrogens with zero attached hydrogens (tertiary/aromatic N) is 1. The Morgan fingerprint density at radius 1 is 1.18 bits per heavy atom. The first-order chi connectivity index (χ1) is 8.06. The van der Waals surface area contributed by atoms with Gasteiger partial charge in [-0.3, -0.25) is 4.79 Å². The minimum Gasteiger partial charge on any atom is -0.399 e. The lowest BCUT2D eigenvalue weighted by atomic mass is 10.1. The number of benzene rings is 1. The summed E-state index contributed by atoms with van der Waals surface area (Å²) >= 11 is 0. The average molecular weight is 235 g/mol. The summed E-state index contributed by atoms with van der Waals surface area (Å²) in [5.74, 6) is -0.0732. The molecule has 1 fully saturated rings. The van der Waals surface area contributed by atoms with Crippen LogP contribution in [-0.4, -0.2) is 35.1 Å².